The summed E-state index contributed by atoms with van der Waals surface area (Å²) in [5, 5.41) is 0. The fourth-order valence-electron chi connectivity index (χ4n) is 3.08. The lowest BCUT2D eigenvalue weighted by molar-refractivity contribution is 0.567. The third-order valence-corrected chi connectivity index (χ3v) is 7.09. The lowest BCUT2D eigenvalue weighted by atomic mass is 10.1. The molecule has 3 aromatic rings. The molecule has 0 spiro atoms. The van der Waals surface area contributed by atoms with Crippen LogP contribution in [0.2, 0.25) is 0 Å². The second-order valence-electron chi connectivity index (χ2n) is 6.90. The number of aryl methyl sites for hydroxylation is 1. The quantitative estimate of drug-likeness (QED) is 0.668. The molecule has 3 rings (SSSR count). The maximum Gasteiger partial charge on any atom is 0.308 e. The van der Waals surface area contributed by atoms with Crippen molar-refractivity contribution in [1.29, 1.82) is 0 Å². The van der Waals surface area contributed by atoms with Crippen LogP contribution in [0.25, 0.3) is 10.2 Å². The normalized spacial score (nSPS) is 13.4. The average Bonchev–Trinajstić information content (AvgIpc) is 2.96. The average molecular weight is 405 g/mol. The predicted molar refractivity (Wildman–Crippen MR) is 111 cm³/mol. The molecule has 1 N–H and O–H groups in total. The number of hydrogen-bond donors (Lipinski definition) is 1. The fraction of sp³-hybridized carbons (Fsp3) is 0.350. The first-order chi connectivity index (χ1) is 12.7. The van der Waals surface area contributed by atoms with Crippen LogP contribution in [0, 0.1) is 0 Å². The van der Waals surface area contributed by atoms with Gasteiger partial charge in [-0.3, -0.25) is 9.36 Å². The van der Waals surface area contributed by atoms with Gasteiger partial charge in [0.25, 0.3) is 0 Å². The minimum absolute atomic E-state index is 0.0259. The van der Waals surface area contributed by atoms with Crippen LogP contribution in [0.15, 0.2) is 52.2 Å². The SMILES string of the molecule is CCc1ccc([C@H](C)NS(=O)(=O)c2ccc3c(c2)sc(=O)n3C(C)C)cc1. The third kappa shape index (κ3) is 4.00. The van der Waals surface area contributed by atoms with Crippen LogP contribution in [0.3, 0.4) is 0 Å². The number of nitrogens with one attached hydrogen (secondary N) is 1. The van der Waals surface area contributed by atoms with Gasteiger partial charge in [0.15, 0.2) is 0 Å². The topological polar surface area (TPSA) is 68.2 Å². The maximum absolute atomic E-state index is 12.8. The summed E-state index contributed by atoms with van der Waals surface area (Å²) >= 11 is 1.07. The van der Waals surface area contributed by atoms with Gasteiger partial charge in [-0.2, -0.15) is 0 Å². The van der Waals surface area contributed by atoms with Crippen LogP contribution in [0.1, 0.15) is 50.9 Å². The summed E-state index contributed by atoms with van der Waals surface area (Å²) in [5.41, 5.74) is 2.89. The zero-order chi connectivity index (χ0) is 19.8. The molecular weight excluding hydrogens is 380 g/mol. The number of hydrogen-bond acceptors (Lipinski definition) is 4. The maximum atomic E-state index is 12.8. The van der Waals surface area contributed by atoms with E-state index in [4.69, 9.17) is 0 Å². The van der Waals surface area contributed by atoms with Gasteiger partial charge in [-0.05, 0) is 56.5 Å². The number of fused-ring (bicyclic) bond motifs is 1. The molecule has 1 atom stereocenters. The largest absolute Gasteiger partial charge is 0.308 e. The molecular formula is C20H24N2O3S2. The second-order valence-corrected chi connectivity index (χ2v) is 9.61. The molecule has 144 valence electrons. The van der Waals surface area contributed by atoms with E-state index in [1.807, 2.05) is 45.0 Å². The predicted octanol–water partition coefficient (Wildman–Crippen LogP) is 4.25. The van der Waals surface area contributed by atoms with E-state index in [1.54, 1.807) is 22.8 Å². The zero-order valence-electron chi connectivity index (χ0n) is 15.9. The third-order valence-electron chi connectivity index (χ3n) is 4.63. The number of thiazole rings is 1. The Bertz CT molecular complexity index is 1110. The van der Waals surface area contributed by atoms with E-state index in [1.165, 1.54) is 5.56 Å². The van der Waals surface area contributed by atoms with Crippen LogP contribution in [0.5, 0.6) is 0 Å². The molecule has 5 nitrogen and oxygen atoms in total. The molecule has 0 unspecified atom stereocenters. The summed E-state index contributed by atoms with van der Waals surface area (Å²) < 4.78 is 30.7. The summed E-state index contributed by atoms with van der Waals surface area (Å²) in [7, 11) is -3.69. The number of sulfonamides is 1. The van der Waals surface area contributed by atoms with Crippen molar-refractivity contribution in [1.82, 2.24) is 9.29 Å². The molecule has 0 aliphatic heterocycles. The van der Waals surface area contributed by atoms with Crippen molar-refractivity contribution in [3.8, 4) is 0 Å². The molecule has 2 aromatic carbocycles. The molecule has 1 aromatic heterocycles. The van der Waals surface area contributed by atoms with Gasteiger partial charge in [-0.25, -0.2) is 13.1 Å². The van der Waals surface area contributed by atoms with E-state index in [9.17, 15) is 13.2 Å². The molecule has 0 aliphatic rings. The second kappa shape index (κ2) is 7.58. The molecule has 1 heterocycles. The Balaban J connectivity index is 1.90. The number of aromatic nitrogens is 1. The molecule has 7 heteroatoms. The van der Waals surface area contributed by atoms with E-state index in [-0.39, 0.29) is 21.9 Å². The summed E-state index contributed by atoms with van der Waals surface area (Å²) in [6.45, 7) is 7.78. The fourth-order valence-corrected chi connectivity index (χ4v) is 5.47. The van der Waals surface area contributed by atoms with Gasteiger partial charge in [-0.15, -0.1) is 0 Å². The van der Waals surface area contributed by atoms with Crippen molar-refractivity contribution in [2.75, 3.05) is 0 Å². The molecule has 0 saturated heterocycles. The summed E-state index contributed by atoms with van der Waals surface area (Å²) in [5.74, 6) is 0. The highest BCUT2D eigenvalue weighted by Gasteiger charge is 2.20. The van der Waals surface area contributed by atoms with Crippen LogP contribution < -0.4 is 9.60 Å². The van der Waals surface area contributed by atoms with Crippen molar-refractivity contribution in [2.45, 2.75) is 51.1 Å². The van der Waals surface area contributed by atoms with Crippen molar-refractivity contribution < 1.29 is 8.42 Å². The Kier molecular flexibility index (Phi) is 5.55. The van der Waals surface area contributed by atoms with Crippen molar-refractivity contribution in [3.05, 3.63) is 63.3 Å². The summed E-state index contributed by atoms with van der Waals surface area (Å²) in [4.78, 5) is 12.3. The summed E-state index contributed by atoms with van der Waals surface area (Å²) in [6.07, 6.45) is 0.944. The first kappa shape index (κ1) is 19.8. The lowest BCUT2D eigenvalue weighted by Crippen LogP contribution is -2.26. The Morgan fingerprint density at radius 1 is 1.07 bits per heavy atom. The van der Waals surface area contributed by atoms with Crippen molar-refractivity contribution >= 4 is 31.6 Å². The van der Waals surface area contributed by atoms with E-state index in [0.717, 1.165) is 28.8 Å². The zero-order valence-corrected chi connectivity index (χ0v) is 17.5. The van der Waals surface area contributed by atoms with Gasteiger partial charge >= 0.3 is 4.87 Å². The van der Waals surface area contributed by atoms with E-state index < -0.39 is 10.0 Å². The van der Waals surface area contributed by atoms with Gasteiger partial charge in [-0.1, -0.05) is 42.5 Å². The molecule has 0 amide bonds. The number of benzene rings is 2. The minimum atomic E-state index is -3.69. The molecule has 0 fully saturated rings. The van der Waals surface area contributed by atoms with Gasteiger partial charge in [0.1, 0.15) is 0 Å². The van der Waals surface area contributed by atoms with Crippen molar-refractivity contribution in [3.63, 3.8) is 0 Å². The minimum Gasteiger partial charge on any atom is -0.296 e. The summed E-state index contributed by atoms with van der Waals surface area (Å²) in [6, 6.07) is 12.4. The smallest absolute Gasteiger partial charge is 0.296 e. The highest BCUT2D eigenvalue weighted by atomic mass is 32.2. The Hall–Kier alpha value is -1.96. The van der Waals surface area contributed by atoms with Gasteiger partial charge in [0, 0.05) is 12.1 Å². The van der Waals surface area contributed by atoms with Crippen LogP contribution in [-0.4, -0.2) is 13.0 Å². The van der Waals surface area contributed by atoms with E-state index >= 15 is 0 Å². The molecule has 0 saturated carbocycles. The van der Waals surface area contributed by atoms with E-state index in [2.05, 4.69) is 11.6 Å². The molecule has 0 radical (unpaired) electrons. The monoisotopic (exact) mass is 404 g/mol. The first-order valence-electron chi connectivity index (χ1n) is 8.99. The van der Waals surface area contributed by atoms with Gasteiger partial charge in [0.2, 0.25) is 10.0 Å². The first-order valence-corrected chi connectivity index (χ1v) is 11.3. The number of nitrogens with zero attached hydrogens (tertiary/aromatic N) is 1. The Morgan fingerprint density at radius 3 is 2.33 bits per heavy atom. The van der Waals surface area contributed by atoms with Crippen molar-refractivity contribution in [2.24, 2.45) is 0 Å². The standard InChI is InChI=1S/C20H24N2O3S2/c1-5-15-6-8-16(9-7-15)14(4)21-27(24,25)17-10-11-18-19(12-17)26-20(23)22(18)13(2)3/h6-14,21H,5H2,1-4H3/t14-/m0/s1. The van der Waals surface area contributed by atoms with Crippen LogP contribution >= 0.6 is 11.3 Å². The number of rotatable bonds is 6. The molecule has 27 heavy (non-hydrogen) atoms. The Labute approximate surface area is 163 Å². The van der Waals surface area contributed by atoms with Gasteiger partial charge in [0.05, 0.1) is 15.1 Å². The van der Waals surface area contributed by atoms with Crippen LogP contribution in [0.4, 0.5) is 0 Å². The molecule has 0 bridgehead atoms. The lowest BCUT2D eigenvalue weighted by Gasteiger charge is -2.15. The van der Waals surface area contributed by atoms with Gasteiger partial charge < -0.3 is 0 Å². The highest BCUT2D eigenvalue weighted by molar-refractivity contribution is 7.89. The van der Waals surface area contributed by atoms with Crippen LogP contribution in [-0.2, 0) is 16.4 Å². The molecule has 0 aliphatic carbocycles. The highest BCUT2D eigenvalue weighted by Crippen LogP contribution is 2.25. The Morgan fingerprint density at radius 2 is 1.74 bits per heavy atom. The van der Waals surface area contributed by atoms with E-state index in [0.29, 0.717) is 4.70 Å².